The molecule has 1 aromatic rings. The maximum Gasteiger partial charge on any atom is 0.243 e. The molecule has 5 atom stereocenters. The number of aliphatic hydroxyl groups is 1. The Balaban J connectivity index is 2.34. The summed E-state index contributed by atoms with van der Waals surface area (Å²) >= 11 is 0. The van der Waals surface area contributed by atoms with Gasteiger partial charge in [-0.15, -0.1) is 0 Å². The summed E-state index contributed by atoms with van der Waals surface area (Å²) in [5, 5.41) is 20.8. The number of nitrogens with one attached hydrogen (secondary N) is 3. The van der Waals surface area contributed by atoms with Gasteiger partial charge in [0.05, 0.1) is 32.4 Å². The zero-order valence-electron chi connectivity index (χ0n) is 31.8. The third-order valence-electron chi connectivity index (χ3n) is 9.76. The first-order valence-corrected chi connectivity index (χ1v) is 18.4. The first-order chi connectivity index (χ1) is 23.8. The van der Waals surface area contributed by atoms with E-state index in [2.05, 4.69) is 29.8 Å². The molecular weight excluding hydrogens is 640 g/mol. The van der Waals surface area contributed by atoms with E-state index in [0.717, 1.165) is 24.8 Å². The number of hydrogen-bond donors (Lipinski definition) is 5. The van der Waals surface area contributed by atoms with Crippen molar-refractivity contribution >= 4 is 17.7 Å². The highest BCUT2D eigenvalue weighted by Gasteiger charge is 2.34. The molecule has 0 bridgehead atoms. The molecule has 1 saturated heterocycles. The Labute approximate surface area is 300 Å². The van der Waals surface area contributed by atoms with E-state index in [0.29, 0.717) is 63.2 Å². The summed E-state index contributed by atoms with van der Waals surface area (Å²) in [6, 6.07) is 4.38. The Morgan fingerprint density at radius 3 is 2.20 bits per heavy atom. The predicted octanol–water partition coefficient (Wildman–Crippen LogP) is 3.47. The normalized spacial score (nSPS) is 16.8. The molecule has 2 rings (SSSR count). The van der Waals surface area contributed by atoms with Crippen molar-refractivity contribution in [2.75, 3.05) is 53.7 Å². The van der Waals surface area contributed by atoms with Crippen molar-refractivity contribution in [3.05, 3.63) is 23.8 Å². The molecule has 0 radical (unpaired) electrons. The summed E-state index contributed by atoms with van der Waals surface area (Å²) in [6.45, 7) is 14.7. The number of nitrogens with two attached hydrogens (primary N) is 1. The van der Waals surface area contributed by atoms with E-state index in [9.17, 15) is 19.5 Å². The number of rotatable bonds is 23. The molecule has 12 heteroatoms. The van der Waals surface area contributed by atoms with Crippen LogP contribution in [0.1, 0.15) is 79.2 Å². The predicted molar refractivity (Wildman–Crippen MR) is 195 cm³/mol. The average Bonchev–Trinajstić information content (AvgIpc) is 3.09. The largest absolute Gasteiger partial charge is 0.493 e. The van der Waals surface area contributed by atoms with Gasteiger partial charge in [-0.05, 0) is 79.4 Å². The van der Waals surface area contributed by atoms with Gasteiger partial charge in [-0.25, -0.2) is 0 Å². The van der Waals surface area contributed by atoms with E-state index in [-0.39, 0.29) is 42.5 Å². The molecule has 0 unspecified atom stereocenters. The van der Waals surface area contributed by atoms with Crippen LogP contribution in [-0.4, -0.2) is 94.8 Å². The summed E-state index contributed by atoms with van der Waals surface area (Å²) in [5.41, 5.74) is 6.58. The van der Waals surface area contributed by atoms with Crippen LogP contribution < -0.4 is 31.2 Å². The lowest BCUT2D eigenvalue weighted by Crippen LogP contribution is -2.56. The summed E-state index contributed by atoms with van der Waals surface area (Å²) in [4.78, 5) is 39.5. The van der Waals surface area contributed by atoms with Crippen molar-refractivity contribution in [3.8, 4) is 11.5 Å². The van der Waals surface area contributed by atoms with Gasteiger partial charge in [-0.1, -0.05) is 47.6 Å². The van der Waals surface area contributed by atoms with E-state index in [1.807, 2.05) is 45.9 Å². The second-order valence-electron chi connectivity index (χ2n) is 14.7. The highest BCUT2D eigenvalue weighted by Crippen LogP contribution is 2.32. The van der Waals surface area contributed by atoms with E-state index in [1.54, 1.807) is 14.2 Å². The Morgan fingerprint density at radius 2 is 1.62 bits per heavy atom. The van der Waals surface area contributed by atoms with Gasteiger partial charge in [0.25, 0.3) is 0 Å². The highest BCUT2D eigenvalue weighted by atomic mass is 16.5. The quantitative estimate of drug-likeness (QED) is 0.107. The molecular formula is C38H66N4O8. The Kier molecular flexibility index (Phi) is 19.7. The Morgan fingerprint density at radius 1 is 0.920 bits per heavy atom. The van der Waals surface area contributed by atoms with Crippen molar-refractivity contribution in [1.82, 2.24) is 16.0 Å². The molecule has 6 N–H and O–H groups in total. The van der Waals surface area contributed by atoms with E-state index >= 15 is 0 Å². The Hall–Kier alpha value is -2.93. The van der Waals surface area contributed by atoms with Crippen molar-refractivity contribution in [3.63, 3.8) is 0 Å². The minimum atomic E-state index is -1.02. The number of ether oxygens (including phenoxy) is 4. The molecule has 50 heavy (non-hydrogen) atoms. The molecule has 0 aromatic heterocycles. The molecule has 3 amide bonds. The molecule has 0 aliphatic carbocycles. The van der Waals surface area contributed by atoms with Crippen LogP contribution in [0.3, 0.4) is 0 Å². The van der Waals surface area contributed by atoms with E-state index in [1.165, 1.54) is 0 Å². The standard InChI is InChI=1S/C38H66N4O8/c1-24(2)29(18-28-10-11-33(48-8)34(19-28)50-15-9-14-47-7)20-31(41-38(46)36(26(5)6)42-35(44)22-39)32(43)21-30(25(3)4)37(45)40-23-27-12-16-49-17-13-27/h10-11,19,24-27,29-32,36,43H,9,12-18,20-23,39H2,1-8H3,(H,40,45)(H,41,46)(H,42,44)/t29-,30-,31-,32-,36-/m0/s1. The Bertz CT molecular complexity index is 1160. The second-order valence-corrected chi connectivity index (χ2v) is 14.7. The van der Waals surface area contributed by atoms with Crippen LogP contribution in [0.2, 0.25) is 0 Å². The van der Waals surface area contributed by atoms with E-state index in [4.69, 9.17) is 24.7 Å². The molecule has 1 aliphatic heterocycles. The van der Waals surface area contributed by atoms with Crippen molar-refractivity contribution < 1.29 is 38.4 Å². The zero-order valence-corrected chi connectivity index (χ0v) is 31.8. The van der Waals surface area contributed by atoms with Crippen LogP contribution in [0.25, 0.3) is 0 Å². The summed E-state index contributed by atoms with van der Waals surface area (Å²) < 4.78 is 22.2. The van der Waals surface area contributed by atoms with Crippen LogP contribution in [0.5, 0.6) is 11.5 Å². The summed E-state index contributed by atoms with van der Waals surface area (Å²) in [6.07, 6.45) is 2.83. The molecule has 1 aromatic carbocycles. The summed E-state index contributed by atoms with van der Waals surface area (Å²) in [5.74, 6) is 0.258. The van der Waals surface area contributed by atoms with Gasteiger partial charge >= 0.3 is 0 Å². The van der Waals surface area contributed by atoms with Gasteiger partial charge in [0.15, 0.2) is 11.5 Å². The molecule has 1 aliphatic rings. The fraction of sp³-hybridized carbons (Fsp3) is 0.763. The fourth-order valence-electron chi connectivity index (χ4n) is 6.35. The van der Waals surface area contributed by atoms with Crippen LogP contribution in [-0.2, 0) is 30.3 Å². The van der Waals surface area contributed by atoms with Gasteiger partial charge in [-0.3, -0.25) is 14.4 Å². The lowest BCUT2D eigenvalue weighted by Gasteiger charge is -2.34. The minimum absolute atomic E-state index is 0.0366. The molecule has 1 heterocycles. The first kappa shape index (κ1) is 43.2. The third-order valence-corrected chi connectivity index (χ3v) is 9.76. The van der Waals surface area contributed by atoms with Crippen molar-refractivity contribution in [2.24, 2.45) is 41.2 Å². The SMILES string of the molecule is COCCCOc1cc(C[C@@H](C[C@H](NC(=O)[C@@H](NC(=O)CN)C(C)C)[C@@H](O)C[C@H](C(=O)NCC2CCOCC2)C(C)C)C(C)C)ccc1OC. The molecule has 1 fully saturated rings. The summed E-state index contributed by atoms with van der Waals surface area (Å²) in [7, 11) is 3.27. The van der Waals surface area contributed by atoms with Gasteiger partial charge in [0, 0.05) is 45.8 Å². The van der Waals surface area contributed by atoms with Crippen molar-refractivity contribution in [1.29, 1.82) is 0 Å². The van der Waals surface area contributed by atoms with E-state index < -0.39 is 35.9 Å². The molecule has 0 saturated carbocycles. The van der Waals surface area contributed by atoms with Gasteiger partial charge in [0.1, 0.15) is 6.04 Å². The minimum Gasteiger partial charge on any atom is -0.493 e. The fourth-order valence-corrected chi connectivity index (χ4v) is 6.35. The molecule has 286 valence electrons. The monoisotopic (exact) mass is 706 g/mol. The van der Waals surface area contributed by atoms with Gasteiger partial charge < -0.3 is 45.7 Å². The van der Waals surface area contributed by atoms with Gasteiger partial charge in [0.2, 0.25) is 17.7 Å². The lowest BCUT2D eigenvalue weighted by atomic mass is 9.80. The van der Waals surface area contributed by atoms with Crippen LogP contribution in [0.4, 0.5) is 0 Å². The van der Waals surface area contributed by atoms with Crippen molar-refractivity contribution in [2.45, 2.75) is 98.3 Å². The van der Waals surface area contributed by atoms with Crippen LogP contribution in [0.15, 0.2) is 18.2 Å². The lowest BCUT2D eigenvalue weighted by molar-refractivity contribution is -0.131. The van der Waals surface area contributed by atoms with Gasteiger partial charge in [-0.2, -0.15) is 0 Å². The maximum absolute atomic E-state index is 13.7. The molecule has 0 spiro atoms. The number of benzene rings is 1. The topological polar surface area (TPSA) is 170 Å². The second kappa shape index (κ2) is 22.8. The maximum atomic E-state index is 13.7. The number of aliphatic hydroxyl groups excluding tert-OH is 1. The zero-order chi connectivity index (χ0) is 37.2. The number of hydrogen-bond acceptors (Lipinski definition) is 9. The highest BCUT2D eigenvalue weighted by molar-refractivity contribution is 5.88. The van der Waals surface area contributed by atoms with Crippen LogP contribution in [0, 0.1) is 35.5 Å². The number of carbonyl (C=O) groups excluding carboxylic acids is 3. The number of amides is 3. The molecule has 12 nitrogen and oxygen atoms in total. The number of methoxy groups -OCH3 is 2. The third kappa shape index (κ3) is 14.7. The smallest absolute Gasteiger partial charge is 0.243 e. The number of carbonyl (C=O) groups is 3. The first-order valence-electron chi connectivity index (χ1n) is 18.4. The average molecular weight is 707 g/mol. The van der Waals surface area contributed by atoms with Crippen LogP contribution >= 0.6 is 0 Å².